The van der Waals surface area contributed by atoms with E-state index in [-0.39, 0.29) is 11.9 Å². The zero-order valence-corrected chi connectivity index (χ0v) is 17.9. The van der Waals surface area contributed by atoms with Gasteiger partial charge in [0.1, 0.15) is 6.61 Å². The maximum absolute atomic E-state index is 12.6. The summed E-state index contributed by atoms with van der Waals surface area (Å²) in [6, 6.07) is 13.0. The van der Waals surface area contributed by atoms with E-state index < -0.39 is 0 Å². The van der Waals surface area contributed by atoms with E-state index in [9.17, 15) is 4.79 Å². The molecule has 6 heteroatoms. The summed E-state index contributed by atoms with van der Waals surface area (Å²) in [5.41, 5.74) is 1.42. The van der Waals surface area contributed by atoms with Crippen LogP contribution in [-0.2, 0) is 6.61 Å². The molecule has 1 amide bonds. The molecule has 28 heavy (non-hydrogen) atoms. The fraction of sp³-hybridized carbons (Fsp3) is 0.409. The van der Waals surface area contributed by atoms with Crippen molar-refractivity contribution in [3.63, 3.8) is 0 Å². The Kier molecular flexibility index (Phi) is 8.15. The lowest BCUT2D eigenvalue weighted by atomic mass is 10.0. The summed E-state index contributed by atoms with van der Waals surface area (Å²) < 4.78 is 11.3. The van der Waals surface area contributed by atoms with Gasteiger partial charge in [-0.1, -0.05) is 43.6 Å². The predicted octanol–water partition coefficient (Wildman–Crippen LogP) is 4.24. The van der Waals surface area contributed by atoms with Gasteiger partial charge in [-0.3, -0.25) is 4.79 Å². The number of hydrogen-bond donors (Lipinski definition) is 1. The van der Waals surface area contributed by atoms with Gasteiger partial charge >= 0.3 is 0 Å². The molecule has 2 rings (SSSR count). The Morgan fingerprint density at radius 2 is 1.86 bits per heavy atom. The van der Waals surface area contributed by atoms with Crippen molar-refractivity contribution in [3.8, 4) is 11.5 Å². The van der Waals surface area contributed by atoms with E-state index in [1.165, 1.54) is 0 Å². The Hall–Kier alpha value is -2.24. The zero-order chi connectivity index (χ0) is 20.7. The highest BCUT2D eigenvalue weighted by Crippen LogP contribution is 2.29. The largest absolute Gasteiger partial charge is 0.493 e. The van der Waals surface area contributed by atoms with E-state index in [1.54, 1.807) is 25.3 Å². The number of likely N-dealkylation sites (N-methyl/N-ethyl adjacent to an activating group) is 1. The highest BCUT2D eigenvalue weighted by molar-refractivity contribution is 6.31. The van der Waals surface area contributed by atoms with Crippen LogP contribution in [0.15, 0.2) is 42.5 Å². The number of benzene rings is 2. The first-order chi connectivity index (χ1) is 13.3. The Balaban J connectivity index is 2.05. The minimum atomic E-state index is -0.136. The molecule has 0 bridgehead atoms. The SMILES string of the molecule is COc1cc(C(=O)NCC(C(C)C)N(C)C)ccc1OCc1ccccc1Cl. The number of methoxy groups -OCH3 is 1. The van der Waals surface area contributed by atoms with Crippen LogP contribution in [-0.4, -0.2) is 44.6 Å². The second kappa shape index (κ2) is 10.3. The molecule has 0 fully saturated rings. The lowest BCUT2D eigenvalue weighted by molar-refractivity contribution is 0.0934. The minimum absolute atomic E-state index is 0.136. The summed E-state index contributed by atoms with van der Waals surface area (Å²) in [5, 5.41) is 3.65. The molecule has 0 heterocycles. The van der Waals surface area contributed by atoms with Crippen LogP contribution in [0, 0.1) is 5.92 Å². The van der Waals surface area contributed by atoms with Gasteiger partial charge in [0.25, 0.3) is 5.91 Å². The molecule has 0 aliphatic carbocycles. The Morgan fingerprint density at radius 3 is 2.46 bits per heavy atom. The molecule has 0 saturated heterocycles. The first-order valence-electron chi connectivity index (χ1n) is 9.32. The molecule has 1 unspecified atom stereocenters. The predicted molar refractivity (Wildman–Crippen MR) is 113 cm³/mol. The number of rotatable bonds is 9. The summed E-state index contributed by atoms with van der Waals surface area (Å²) in [6.45, 7) is 5.19. The zero-order valence-electron chi connectivity index (χ0n) is 17.2. The second-order valence-corrected chi connectivity index (χ2v) is 7.64. The summed E-state index contributed by atoms with van der Waals surface area (Å²) in [7, 11) is 5.59. The molecule has 0 spiro atoms. The fourth-order valence-corrected chi connectivity index (χ4v) is 3.20. The van der Waals surface area contributed by atoms with Gasteiger partial charge in [-0.05, 0) is 44.3 Å². The Labute approximate surface area is 172 Å². The van der Waals surface area contributed by atoms with Crippen LogP contribution in [0.1, 0.15) is 29.8 Å². The van der Waals surface area contributed by atoms with Crippen LogP contribution in [0.3, 0.4) is 0 Å². The fourth-order valence-electron chi connectivity index (χ4n) is 3.01. The second-order valence-electron chi connectivity index (χ2n) is 7.23. The van der Waals surface area contributed by atoms with Gasteiger partial charge < -0.3 is 19.7 Å². The number of hydrogen-bond acceptors (Lipinski definition) is 4. The first kappa shape index (κ1) is 22.1. The quantitative estimate of drug-likeness (QED) is 0.679. The van der Waals surface area contributed by atoms with Gasteiger partial charge in [0.15, 0.2) is 11.5 Å². The van der Waals surface area contributed by atoms with Crippen molar-refractivity contribution in [2.45, 2.75) is 26.5 Å². The number of ether oxygens (including phenoxy) is 2. The third-order valence-corrected chi connectivity index (χ3v) is 5.04. The molecule has 0 aromatic heterocycles. The van der Waals surface area contributed by atoms with Gasteiger partial charge in [-0.25, -0.2) is 0 Å². The molecule has 0 aliphatic heterocycles. The number of halogens is 1. The van der Waals surface area contributed by atoms with Gasteiger partial charge in [-0.15, -0.1) is 0 Å². The average molecular weight is 405 g/mol. The van der Waals surface area contributed by atoms with Gasteiger partial charge in [0.05, 0.1) is 7.11 Å². The lowest BCUT2D eigenvalue weighted by Crippen LogP contribution is -2.43. The van der Waals surface area contributed by atoms with Gasteiger partial charge in [0.2, 0.25) is 0 Å². The summed E-state index contributed by atoms with van der Waals surface area (Å²) in [5.74, 6) is 1.37. The molecule has 2 aromatic carbocycles. The normalized spacial score (nSPS) is 12.1. The van der Waals surface area contributed by atoms with Crippen LogP contribution in [0.4, 0.5) is 0 Å². The van der Waals surface area contributed by atoms with Crippen molar-refractivity contribution in [2.75, 3.05) is 27.7 Å². The van der Waals surface area contributed by atoms with E-state index >= 15 is 0 Å². The summed E-state index contributed by atoms with van der Waals surface area (Å²) >= 11 is 6.17. The van der Waals surface area contributed by atoms with E-state index in [2.05, 4.69) is 24.1 Å². The van der Waals surface area contributed by atoms with Gasteiger partial charge in [-0.2, -0.15) is 0 Å². The van der Waals surface area contributed by atoms with Crippen molar-refractivity contribution in [2.24, 2.45) is 5.92 Å². The molecule has 0 saturated carbocycles. The monoisotopic (exact) mass is 404 g/mol. The van der Waals surface area contributed by atoms with Crippen molar-refractivity contribution >= 4 is 17.5 Å². The molecule has 1 atom stereocenters. The highest BCUT2D eigenvalue weighted by atomic mass is 35.5. The van der Waals surface area contributed by atoms with Crippen molar-refractivity contribution in [3.05, 3.63) is 58.6 Å². The minimum Gasteiger partial charge on any atom is -0.493 e. The molecular weight excluding hydrogens is 376 g/mol. The maximum atomic E-state index is 12.6. The smallest absolute Gasteiger partial charge is 0.251 e. The topological polar surface area (TPSA) is 50.8 Å². The standard InChI is InChI=1S/C22H29ClN2O3/c1-15(2)19(25(3)4)13-24-22(26)16-10-11-20(21(12-16)27-5)28-14-17-8-6-7-9-18(17)23/h6-12,15,19H,13-14H2,1-5H3,(H,24,26). The molecule has 0 aliphatic rings. The lowest BCUT2D eigenvalue weighted by Gasteiger charge is -2.28. The van der Waals surface area contributed by atoms with Crippen LogP contribution in [0.25, 0.3) is 0 Å². The molecule has 0 radical (unpaired) electrons. The number of carbonyl (C=O) groups excluding carboxylic acids is 1. The van der Waals surface area contributed by atoms with E-state index in [4.69, 9.17) is 21.1 Å². The molecule has 2 aromatic rings. The average Bonchev–Trinajstić information content (AvgIpc) is 2.66. The Morgan fingerprint density at radius 1 is 1.14 bits per heavy atom. The van der Waals surface area contributed by atoms with Crippen LogP contribution < -0.4 is 14.8 Å². The van der Waals surface area contributed by atoms with E-state index in [0.717, 1.165) is 5.56 Å². The number of carbonyl (C=O) groups is 1. The summed E-state index contributed by atoms with van der Waals surface area (Å²) in [4.78, 5) is 14.7. The molecular formula is C22H29ClN2O3. The third kappa shape index (κ3) is 5.88. The van der Waals surface area contributed by atoms with Crippen LogP contribution in [0.5, 0.6) is 11.5 Å². The maximum Gasteiger partial charge on any atom is 0.251 e. The molecule has 1 N–H and O–H groups in total. The van der Waals surface area contributed by atoms with E-state index in [1.807, 2.05) is 38.4 Å². The summed E-state index contributed by atoms with van der Waals surface area (Å²) in [6.07, 6.45) is 0. The number of amides is 1. The van der Waals surface area contributed by atoms with E-state index in [0.29, 0.717) is 41.2 Å². The first-order valence-corrected chi connectivity index (χ1v) is 9.70. The highest BCUT2D eigenvalue weighted by Gasteiger charge is 2.18. The number of nitrogens with one attached hydrogen (secondary N) is 1. The Bertz CT molecular complexity index is 785. The third-order valence-electron chi connectivity index (χ3n) is 4.67. The van der Waals surface area contributed by atoms with Crippen molar-refractivity contribution < 1.29 is 14.3 Å². The van der Waals surface area contributed by atoms with Gasteiger partial charge in [0, 0.05) is 28.7 Å². The van der Waals surface area contributed by atoms with Crippen LogP contribution in [0.2, 0.25) is 5.02 Å². The van der Waals surface area contributed by atoms with Crippen molar-refractivity contribution in [1.29, 1.82) is 0 Å². The molecule has 5 nitrogen and oxygen atoms in total. The van der Waals surface area contributed by atoms with Crippen molar-refractivity contribution in [1.82, 2.24) is 10.2 Å². The number of nitrogens with zero attached hydrogens (tertiary/aromatic N) is 1. The van der Waals surface area contributed by atoms with Crippen LogP contribution >= 0.6 is 11.6 Å². The molecule has 152 valence electrons.